The number of fused-ring (bicyclic) bond motifs is 6. The van der Waals surface area contributed by atoms with Crippen molar-refractivity contribution in [2.75, 3.05) is 0 Å². The van der Waals surface area contributed by atoms with Gasteiger partial charge >= 0.3 is 0 Å². The molecule has 2 unspecified atom stereocenters. The predicted octanol–water partition coefficient (Wildman–Crippen LogP) is 13.6. The fourth-order valence-corrected chi connectivity index (χ4v) is 9.79. The third-order valence-corrected chi connectivity index (χ3v) is 13.1. The summed E-state index contributed by atoms with van der Waals surface area (Å²) in [5.74, 6) is 4.46. The Morgan fingerprint density at radius 3 is 1.76 bits per heavy atom. The lowest BCUT2D eigenvalue weighted by Crippen LogP contribution is -2.36. The zero-order valence-electron chi connectivity index (χ0n) is 36.7. The molecular formula is C60H41N7O. The standard InChI is InChI=1S/C60H41N7O/c1-5-16-38(17-6-1)55-61-56(39-18-7-2-8-19-39)63-59(62-55)42-28-32-45(33-29-42)67-50-26-14-13-24-46(50)48-36-43(30-34-51(48)67)44-31-35-52-49(37-44)54-47(25-15-27-53(54)68-52)60-65-57(40-20-9-3-10-21-40)64-58(66-60)41-22-11-4-12-23-41/h1-36,44,55H,37H2,(H,61,62,63). The Bertz CT molecular complexity index is 3720. The summed E-state index contributed by atoms with van der Waals surface area (Å²) in [6.07, 6.45) is 4.84. The molecule has 1 aliphatic heterocycles. The van der Waals surface area contributed by atoms with Crippen LogP contribution in [-0.2, 0) is 6.42 Å². The smallest absolute Gasteiger partial charge is 0.169 e. The molecule has 2 aliphatic rings. The van der Waals surface area contributed by atoms with E-state index in [4.69, 9.17) is 29.4 Å². The molecule has 0 saturated carbocycles. The number of furan rings is 1. The molecule has 0 fully saturated rings. The number of nitrogens with zero attached hydrogens (tertiary/aromatic N) is 6. The molecule has 13 rings (SSSR count). The minimum Gasteiger partial charge on any atom is -0.456 e. The summed E-state index contributed by atoms with van der Waals surface area (Å²) in [6, 6.07) is 71.2. The number of hydrogen-bond acceptors (Lipinski definition) is 7. The summed E-state index contributed by atoms with van der Waals surface area (Å²) < 4.78 is 8.93. The first-order chi connectivity index (χ1) is 33.7. The molecule has 0 saturated heterocycles. The summed E-state index contributed by atoms with van der Waals surface area (Å²) in [6.45, 7) is 0. The number of para-hydroxylation sites is 1. The molecule has 0 radical (unpaired) electrons. The molecule has 68 heavy (non-hydrogen) atoms. The molecule has 0 spiro atoms. The van der Waals surface area contributed by atoms with Crippen LogP contribution in [0.3, 0.4) is 0 Å². The van der Waals surface area contributed by atoms with Crippen molar-refractivity contribution in [1.82, 2.24) is 24.8 Å². The molecule has 0 amide bonds. The van der Waals surface area contributed by atoms with E-state index in [1.165, 1.54) is 16.3 Å². The summed E-state index contributed by atoms with van der Waals surface area (Å²) in [4.78, 5) is 25.3. The van der Waals surface area contributed by atoms with Gasteiger partial charge in [0.2, 0.25) is 0 Å². The van der Waals surface area contributed by atoms with Gasteiger partial charge in [0.15, 0.2) is 23.6 Å². The normalized spacial score (nSPS) is 15.5. The molecule has 11 aromatic rings. The van der Waals surface area contributed by atoms with Crippen LogP contribution < -0.4 is 5.32 Å². The molecular weight excluding hydrogens is 835 g/mol. The van der Waals surface area contributed by atoms with Crippen LogP contribution in [0.15, 0.2) is 227 Å². The third-order valence-electron chi connectivity index (χ3n) is 13.1. The summed E-state index contributed by atoms with van der Waals surface area (Å²) in [7, 11) is 0. The zero-order valence-corrected chi connectivity index (χ0v) is 36.7. The molecule has 8 heteroatoms. The van der Waals surface area contributed by atoms with E-state index in [0.29, 0.717) is 17.5 Å². The lowest BCUT2D eigenvalue weighted by atomic mass is 9.85. The number of allylic oxidation sites excluding steroid dienone is 1. The number of amidine groups is 2. The highest BCUT2D eigenvalue weighted by Crippen LogP contribution is 2.42. The van der Waals surface area contributed by atoms with E-state index in [9.17, 15) is 0 Å². The highest BCUT2D eigenvalue weighted by Gasteiger charge is 2.27. The molecule has 1 N–H and O–H groups in total. The van der Waals surface area contributed by atoms with Crippen LogP contribution in [0.5, 0.6) is 0 Å². The van der Waals surface area contributed by atoms with Crippen LogP contribution in [0.1, 0.15) is 45.7 Å². The fraction of sp³-hybridized carbons (Fsp3) is 0.0500. The summed E-state index contributed by atoms with van der Waals surface area (Å²) in [5.41, 5.74) is 12.4. The maximum Gasteiger partial charge on any atom is 0.169 e. The van der Waals surface area contributed by atoms with Crippen LogP contribution in [0.25, 0.3) is 78.7 Å². The Morgan fingerprint density at radius 1 is 0.485 bits per heavy atom. The topological polar surface area (TPSA) is 93.5 Å². The average molecular weight is 876 g/mol. The van der Waals surface area contributed by atoms with E-state index in [1.54, 1.807) is 0 Å². The number of aromatic nitrogens is 4. The van der Waals surface area contributed by atoms with Crippen molar-refractivity contribution in [1.29, 1.82) is 0 Å². The molecule has 0 bridgehead atoms. The monoisotopic (exact) mass is 875 g/mol. The SMILES string of the molecule is C1=CC(c2ccc3c(c2)c2ccccc2n3-c2ccc(C3=NC(c4ccccc4)N=C(c4ccccc4)N3)cc2)Cc2c1oc1cccc(-c3nc(-c4ccccc4)nc(-c4ccccc4)n3)c21. The second-order valence-electron chi connectivity index (χ2n) is 17.2. The average Bonchev–Trinajstić information content (AvgIpc) is 3.97. The lowest BCUT2D eigenvalue weighted by Gasteiger charge is -2.22. The molecule has 8 aromatic carbocycles. The number of hydrogen-bond donors (Lipinski definition) is 1. The minimum atomic E-state index is -0.356. The Hall–Kier alpha value is -9.01. The van der Waals surface area contributed by atoms with E-state index in [2.05, 4.69) is 119 Å². The van der Waals surface area contributed by atoms with E-state index in [0.717, 1.165) is 90.5 Å². The van der Waals surface area contributed by atoms with Crippen molar-refractivity contribution in [3.05, 3.63) is 246 Å². The van der Waals surface area contributed by atoms with Gasteiger partial charge in [-0.05, 0) is 72.2 Å². The Balaban J connectivity index is 0.849. The minimum absolute atomic E-state index is 0.119. The van der Waals surface area contributed by atoms with Gasteiger partial charge in [0.05, 0.1) is 11.0 Å². The van der Waals surface area contributed by atoms with E-state index in [-0.39, 0.29) is 12.1 Å². The third kappa shape index (κ3) is 6.98. The fourth-order valence-electron chi connectivity index (χ4n) is 9.79. The van der Waals surface area contributed by atoms with Gasteiger partial charge in [-0.15, -0.1) is 0 Å². The molecule has 3 aromatic heterocycles. The summed E-state index contributed by atoms with van der Waals surface area (Å²) >= 11 is 0. The molecule has 4 heterocycles. The van der Waals surface area contributed by atoms with Crippen LogP contribution in [-0.4, -0.2) is 31.2 Å². The Kier molecular flexibility index (Phi) is 9.52. The summed E-state index contributed by atoms with van der Waals surface area (Å²) in [5, 5.41) is 7.00. The first kappa shape index (κ1) is 39.4. The van der Waals surface area contributed by atoms with Crippen molar-refractivity contribution in [2.24, 2.45) is 9.98 Å². The van der Waals surface area contributed by atoms with E-state index < -0.39 is 0 Å². The van der Waals surface area contributed by atoms with Crippen molar-refractivity contribution >= 4 is 50.5 Å². The van der Waals surface area contributed by atoms with Gasteiger partial charge in [-0.25, -0.2) is 24.9 Å². The Morgan fingerprint density at radius 2 is 1.07 bits per heavy atom. The second-order valence-corrected chi connectivity index (χ2v) is 17.2. The Labute approximate surface area is 392 Å². The number of nitrogens with one attached hydrogen (secondary N) is 1. The highest BCUT2D eigenvalue weighted by atomic mass is 16.3. The van der Waals surface area contributed by atoms with Crippen molar-refractivity contribution in [2.45, 2.75) is 18.5 Å². The number of benzene rings is 8. The molecule has 8 nitrogen and oxygen atoms in total. The maximum atomic E-state index is 6.57. The quantitative estimate of drug-likeness (QED) is 0.164. The van der Waals surface area contributed by atoms with Crippen molar-refractivity contribution in [3.8, 4) is 39.9 Å². The van der Waals surface area contributed by atoms with Crippen molar-refractivity contribution in [3.63, 3.8) is 0 Å². The maximum absolute atomic E-state index is 6.57. The molecule has 2 atom stereocenters. The predicted molar refractivity (Wildman–Crippen MR) is 274 cm³/mol. The van der Waals surface area contributed by atoms with E-state index >= 15 is 0 Å². The highest BCUT2D eigenvalue weighted by molar-refractivity contribution is 6.16. The van der Waals surface area contributed by atoms with Gasteiger partial charge < -0.3 is 14.3 Å². The van der Waals surface area contributed by atoms with Gasteiger partial charge in [0.1, 0.15) is 23.0 Å². The van der Waals surface area contributed by atoms with Gasteiger partial charge in [-0.3, -0.25) is 0 Å². The molecule has 1 aliphatic carbocycles. The van der Waals surface area contributed by atoms with Gasteiger partial charge in [-0.1, -0.05) is 164 Å². The van der Waals surface area contributed by atoms with Crippen LogP contribution in [0.4, 0.5) is 0 Å². The number of rotatable bonds is 8. The van der Waals surface area contributed by atoms with Crippen LogP contribution in [0, 0.1) is 0 Å². The van der Waals surface area contributed by atoms with Crippen molar-refractivity contribution < 1.29 is 4.42 Å². The second kappa shape index (κ2) is 16.5. The lowest BCUT2D eigenvalue weighted by molar-refractivity contribution is 0.592. The van der Waals surface area contributed by atoms with Crippen LogP contribution in [0.2, 0.25) is 0 Å². The number of aliphatic imine (C=N–C) groups is 2. The first-order valence-corrected chi connectivity index (χ1v) is 23.0. The van der Waals surface area contributed by atoms with Gasteiger partial charge in [0, 0.05) is 61.1 Å². The van der Waals surface area contributed by atoms with Gasteiger partial charge in [0.25, 0.3) is 0 Å². The van der Waals surface area contributed by atoms with E-state index in [1.807, 2.05) is 109 Å². The van der Waals surface area contributed by atoms with Gasteiger partial charge in [-0.2, -0.15) is 0 Å². The zero-order chi connectivity index (χ0) is 45.0. The molecule has 322 valence electrons. The first-order valence-electron chi connectivity index (χ1n) is 23.0. The largest absolute Gasteiger partial charge is 0.456 e. The van der Waals surface area contributed by atoms with Crippen LogP contribution >= 0.6 is 0 Å².